The second-order valence-electron chi connectivity index (χ2n) is 3.73. The third-order valence-corrected chi connectivity index (χ3v) is 2.29. The number of carbonyl (C=O) groups excluding carboxylic acids is 1. The van der Waals surface area contributed by atoms with E-state index >= 15 is 0 Å². The molecule has 1 aromatic carbocycles. The molecule has 0 aliphatic rings. The Balaban J connectivity index is 0.00000256. The second kappa shape index (κ2) is 7.87. The van der Waals surface area contributed by atoms with Crippen LogP contribution in [-0.4, -0.2) is 12.1 Å². The molecule has 0 amide bonds. The maximum absolute atomic E-state index is 11.0. The smallest absolute Gasteiger partial charge is 0.330 e. The van der Waals surface area contributed by atoms with Gasteiger partial charge in [-0.05, 0) is 12.5 Å². The van der Waals surface area contributed by atoms with Crippen LogP contribution in [-0.2, 0) is 22.5 Å². The first-order chi connectivity index (χ1) is 7.65. The van der Waals surface area contributed by atoms with E-state index in [9.17, 15) is 4.79 Å². The quantitative estimate of drug-likeness (QED) is 0.493. The van der Waals surface area contributed by atoms with Crippen LogP contribution in [0.1, 0.15) is 18.1 Å². The van der Waals surface area contributed by atoms with Crippen molar-refractivity contribution in [3.63, 3.8) is 0 Å². The fourth-order valence-corrected chi connectivity index (χ4v) is 1.53. The van der Waals surface area contributed by atoms with Gasteiger partial charge in [-0.15, -0.1) is 0 Å². The van der Waals surface area contributed by atoms with Crippen LogP contribution in [0.15, 0.2) is 36.9 Å². The Hall–Kier alpha value is -1.32. The summed E-state index contributed by atoms with van der Waals surface area (Å²) >= 11 is 0. The van der Waals surface area contributed by atoms with Crippen molar-refractivity contribution in [2.75, 3.05) is 0 Å². The van der Waals surface area contributed by atoms with Crippen molar-refractivity contribution in [3.05, 3.63) is 48.0 Å². The first-order valence-corrected chi connectivity index (χ1v) is 5.35. The van der Waals surface area contributed by atoms with E-state index in [-0.39, 0.29) is 24.5 Å². The highest BCUT2D eigenvalue weighted by atomic mass is 35.5. The summed E-state index contributed by atoms with van der Waals surface area (Å²) in [5.41, 5.74) is 6.19. The SMILES string of the molecule is C=CC(=O)OC(C)Cc1cccc(C[NH3+])c1.[Cl-]. The summed E-state index contributed by atoms with van der Waals surface area (Å²) in [5.74, 6) is -0.374. The number of carbonyl (C=O) groups is 1. The van der Waals surface area contributed by atoms with E-state index in [2.05, 4.69) is 18.4 Å². The molecule has 1 aromatic rings. The zero-order valence-corrected chi connectivity index (χ0v) is 10.7. The molecule has 1 atom stereocenters. The van der Waals surface area contributed by atoms with Gasteiger partial charge in [-0.25, -0.2) is 4.79 Å². The Morgan fingerprint density at radius 1 is 1.53 bits per heavy atom. The van der Waals surface area contributed by atoms with Crippen LogP contribution in [0.5, 0.6) is 0 Å². The van der Waals surface area contributed by atoms with E-state index in [4.69, 9.17) is 4.74 Å². The Morgan fingerprint density at radius 2 is 2.18 bits per heavy atom. The third-order valence-electron chi connectivity index (χ3n) is 2.29. The van der Waals surface area contributed by atoms with Crippen LogP contribution in [0.3, 0.4) is 0 Å². The largest absolute Gasteiger partial charge is 1.00 e. The molecule has 0 aliphatic carbocycles. The lowest BCUT2D eigenvalue weighted by atomic mass is 10.1. The summed E-state index contributed by atoms with van der Waals surface area (Å²) in [6.45, 7) is 6.01. The first kappa shape index (κ1) is 15.7. The molecule has 0 fully saturated rings. The van der Waals surface area contributed by atoms with E-state index in [1.165, 1.54) is 11.6 Å². The van der Waals surface area contributed by atoms with Crippen molar-refractivity contribution < 1.29 is 27.7 Å². The van der Waals surface area contributed by atoms with Crippen molar-refractivity contribution in [3.8, 4) is 0 Å². The average molecular weight is 256 g/mol. The zero-order valence-electron chi connectivity index (χ0n) is 9.99. The van der Waals surface area contributed by atoms with Crippen LogP contribution >= 0.6 is 0 Å². The van der Waals surface area contributed by atoms with Crippen LogP contribution in [0, 0.1) is 0 Å². The molecule has 0 aliphatic heterocycles. The Morgan fingerprint density at radius 3 is 2.76 bits per heavy atom. The van der Waals surface area contributed by atoms with Gasteiger partial charge < -0.3 is 22.9 Å². The third kappa shape index (κ3) is 5.52. The molecule has 3 nitrogen and oxygen atoms in total. The highest BCUT2D eigenvalue weighted by Gasteiger charge is 2.07. The van der Waals surface area contributed by atoms with Crippen molar-refractivity contribution in [1.29, 1.82) is 0 Å². The fraction of sp³-hybridized carbons (Fsp3) is 0.308. The van der Waals surface area contributed by atoms with Crippen molar-refractivity contribution in [2.24, 2.45) is 0 Å². The molecular weight excluding hydrogens is 238 g/mol. The molecule has 1 unspecified atom stereocenters. The van der Waals surface area contributed by atoms with Crippen molar-refractivity contribution in [1.82, 2.24) is 0 Å². The maximum atomic E-state index is 11.0. The van der Waals surface area contributed by atoms with Crippen molar-refractivity contribution >= 4 is 5.97 Å². The lowest BCUT2D eigenvalue weighted by Gasteiger charge is -2.12. The minimum Gasteiger partial charge on any atom is -1.00 e. The van der Waals surface area contributed by atoms with E-state index in [1.807, 2.05) is 25.1 Å². The molecule has 0 spiro atoms. The number of halogens is 1. The molecule has 3 N–H and O–H groups in total. The van der Waals surface area contributed by atoms with Gasteiger partial charge in [0, 0.05) is 18.1 Å². The zero-order chi connectivity index (χ0) is 12.0. The monoisotopic (exact) mass is 255 g/mol. The van der Waals surface area contributed by atoms with E-state index in [1.54, 1.807) is 0 Å². The van der Waals surface area contributed by atoms with Gasteiger partial charge in [0.25, 0.3) is 0 Å². The van der Waals surface area contributed by atoms with E-state index < -0.39 is 0 Å². The second-order valence-corrected chi connectivity index (χ2v) is 3.73. The van der Waals surface area contributed by atoms with E-state index in [0.29, 0.717) is 6.42 Å². The molecule has 0 saturated carbocycles. The fourth-order valence-electron chi connectivity index (χ4n) is 1.53. The van der Waals surface area contributed by atoms with Gasteiger partial charge in [-0.1, -0.05) is 30.8 Å². The molecule has 0 aromatic heterocycles. The number of rotatable bonds is 5. The summed E-state index contributed by atoms with van der Waals surface area (Å²) < 4.78 is 5.10. The summed E-state index contributed by atoms with van der Waals surface area (Å²) in [6, 6.07) is 8.15. The van der Waals surface area contributed by atoms with Crippen molar-refractivity contribution in [2.45, 2.75) is 26.0 Å². The average Bonchev–Trinajstić information content (AvgIpc) is 2.28. The van der Waals surface area contributed by atoms with Gasteiger partial charge in [-0.2, -0.15) is 0 Å². The number of benzene rings is 1. The molecule has 1 rings (SSSR count). The van der Waals surface area contributed by atoms with Crippen LogP contribution in [0.25, 0.3) is 0 Å². The Bertz CT molecular complexity index is 379. The normalized spacial score (nSPS) is 11.2. The molecule has 94 valence electrons. The van der Waals surface area contributed by atoms with Gasteiger partial charge in [0.15, 0.2) is 0 Å². The predicted molar refractivity (Wildman–Crippen MR) is 62.5 cm³/mol. The van der Waals surface area contributed by atoms with Crippen LogP contribution in [0.4, 0.5) is 0 Å². The Kier molecular flexibility index (Phi) is 7.26. The topological polar surface area (TPSA) is 53.9 Å². The molecule has 0 heterocycles. The molecular formula is C13H18ClNO2. The lowest BCUT2D eigenvalue weighted by Crippen LogP contribution is -3.00. The predicted octanol–water partition coefficient (Wildman–Crippen LogP) is -1.91. The number of hydrogen-bond donors (Lipinski definition) is 1. The molecule has 0 radical (unpaired) electrons. The van der Waals surface area contributed by atoms with Crippen LogP contribution in [0.2, 0.25) is 0 Å². The maximum Gasteiger partial charge on any atom is 0.330 e. The molecule has 4 heteroatoms. The molecule has 0 saturated heterocycles. The molecule has 17 heavy (non-hydrogen) atoms. The van der Waals surface area contributed by atoms with Gasteiger partial charge in [0.05, 0.1) is 6.54 Å². The summed E-state index contributed by atoms with van der Waals surface area (Å²) in [4.78, 5) is 11.0. The Labute approximate surface area is 108 Å². The standard InChI is InChI=1S/C13H17NO2.ClH/c1-3-13(15)16-10(2)7-11-5-4-6-12(8-11)9-14;/h3-6,8,10H,1,7,9,14H2,2H3;1H. The van der Waals surface area contributed by atoms with Gasteiger partial charge in [0.2, 0.25) is 0 Å². The van der Waals surface area contributed by atoms with Gasteiger partial charge in [-0.3, -0.25) is 0 Å². The number of hydrogen-bond acceptors (Lipinski definition) is 2. The minimum absolute atomic E-state index is 0. The summed E-state index contributed by atoms with van der Waals surface area (Å²) in [6.07, 6.45) is 1.77. The van der Waals surface area contributed by atoms with Gasteiger partial charge >= 0.3 is 5.97 Å². The lowest BCUT2D eigenvalue weighted by molar-refractivity contribution is -0.386. The van der Waals surface area contributed by atoms with Gasteiger partial charge in [0.1, 0.15) is 6.10 Å². The number of ether oxygens (including phenoxy) is 1. The van der Waals surface area contributed by atoms with Crippen LogP contribution < -0.4 is 18.1 Å². The number of quaternary nitrogens is 1. The first-order valence-electron chi connectivity index (χ1n) is 5.35. The minimum atomic E-state index is -0.374. The molecule has 0 bridgehead atoms. The van der Waals surface area contributed by atoms with E-state index in [0.717, 1.165) is 12.1 Å². The summed E-state index contributed by atoms with van der Waals surface area (Å²) in [5, 5.41) is 0. The summed E-state index contributed by atoms with van der Waals surface area (Å²) in [7, 11) is 0. The highest BCUT2D eigenvalue weighted by molar-refractivity contribution is 5.81. The number of esters is 1. The highest BCUT2D eigenvalue weighted by Crippen LogP contribution is 2.09.